The molecule has 1 saturated carbocycles. The molecule has 1 amide bonds. The number of para-hydroxylation sites is 1. The maximum atomic E-state index is 13.0. The number of hydrogen-bond donors (Lipinski definition) is 1. The van der Waals surface area contributed by atoms with Crippen LogP contribution in [0.25, 0.3) is 10.9 Å². The Labute approximate surface area is 156 Å². The molecule has 0 unspecified atom stereocenters. The molecule has 7 nitrogen and oxygen atoms in total. The SMILES string of the molecule is Cc1cccc2c(=O)n(CC(=O)N3[C@H](C(=O)O)C[C@@H]4CCCC[C@@H]43)cnc12. The molecule has 1 aromatic carbocycles. The van der Waals surface area contributed by atoms with E-state index in [0.29, 0.717) is 17.3 Å². The summed E-state index contributed by atoms with van der Waals surface area (Å²) < 4.78 is 1.29. The van der Waals surface area contributed by atoms with Gasteiger partial charge in [0.25, 0.3) is 5.56 Å². The van der Waals surface area contributed by atoms with Gasteiger partial charge in [0.15, 0.2) is 0 Å². The van der Waals surface area contributed by atoms with Crippen LogP contribution in [0.15, 0.2) is 29.3 Å². The molecule has 2 fully saturated rings. The van der Waals surface area contributed by atoms with Crippen molar-refractivity contribution >= 4 is 22.8 Å². The van der Waals surface area contributed by atoms with Gasteiger partial charge in [-0.1, -0.05) is 25.0 Å². The summed E-state index contributed by atoms with van der Waals surface area (Å²) in [5.41, 5.74) is 1.25. The number of rotatable bonds is 3. The third-order valence-electron chi connectivity index (χ3n) is 6.02. The molecule has 1 N–H and O–H groups in total. The van der Waals surface area contributed by atoms with Gasteiger partial charge in [0.05, 0.1) is 17.2 Å². The molecule has 7 heteroatoms. The predicted octanol–water partition coefficient (Wildman–Crippen LogP) is 1.95. The second kappa shape index (κ2) is 6.79. The molecular formula is C20H23N3O4. The van der Waals surface area contributed by atoms with E-state index in [1.165, 1.54) is 15.8 Å². The lowest BCUT2D eigenvalue weighted by atomic mass is 9.85. The lowest BCUT2D eigenvalue weighted by molar-refractivity contribution is -0.150. The number of amides is 1. The van der Waals surface area contributed by atoms with Gasteiger partial charge in [-0.15, -0.1) is 0 Å². The Morgan fingerprint density at radius 1 is 1.26 bits per heavy atom. The number of aryl methyl sites for hydroxylation is 1. The lowest BCUT2D eigenvalue weighted by Gasteiger charge is -2.33. The summed E-state index contributed by atoms with van der Waals surface area (Å²) in [5, 5.41) is 10.1. The number of aliphatic carboxylic acids is 1. The van der Waals surface area contributed by atoms with E-state index in [-0.39, 0.29) is 30.0 Å². The van der Waals surface area contributed by atoms with Crippen molar-refractivity contribution in [2.75, 3.05) is 0 Å². The van der Waals surface area contributed by atoms with E-state index in [4.69, 9.17) is 0 Å². The average molecular weight is 369 g/mol. The van der Waals surface area contributed by atoms with E-state index in [1.54, 1.807) is 12.1 Å². The first kappa shape index (κ1) is 17.7. The monoisotopic (exact) mass is 369 g/mol. The van der Waals surface area contributed by atoms with Crippen LogP contribution in [0.2, 0.25) is 0 Å². The minimum atomic E-state index is -0.961. The van der Waals surface area contributed by atoms with E-state index >= 15 is 0 Å². The van der Waals surface area contributed by atoms with Crippen LogP contribution in [0.1, 0.15) is 37.7 Å². The standard InChI is InChI=1S/C20H23N3O4/c1-12-5-4-7-14-18(12)21-11-22(19(14)25)10-17(24)23-15-8-3-2-6-13(15)9-16(23)20(26)27/h4-5,7,11,13,15-16H,2-3,6,8-10H2,1H3,(H,26,27)/t13-,15-,16-/m0/s1. The van der Waals surface area contributed by atoms with E-state index < -0.39 is 12.0 Å². The smallest absolute Gasteiger partial charge is 0.326 e. The largest absolute Gasteiger partial charge is 0.480 e. The van der Waals surface area contributed by atoms with Gasteiger partial charge >= 0.3 is 5.97 Å². The molecule has 2 heterocycles. The number of carbonyl (C=O) groups excluding carboxylic acids is 1. The molecule has 1 aliphatic heterocycles. The Bertz CT molecular complexity index is 967. The third-order valence-corrected chi connectivity index (χ3v) is 6.02. The van der Waals surface area contributed by atoms with E-state index in [9.17, 15) is 19.5 Å². The van der Waals surface area contributed by atoms with Gasteiger partial charge in [-0.2, -0.15) is 0 Å². The maximum absolute atomic E-state index is 13.0. The van der Waals surface area contributed by atoms with Crippen LogP contribution in [0.5, 0.6) is 0 Å². The minimum Gasteiger partial charge on any atom is -0.480 e. The van der Waals surface area contributed by atoms with Crippen LogP contribution in [0.3, 0.4) is 0 Å². The highest BCUT2D eigenvalue weighted by Crippen LogP contribution is 2.39. The van der Waals surface area contributed by atoms with E-state index in [2.05, 4.69) is 4.98 Å². The van der Waals surface area contributed by atoms with Crippen molar-refractivity contribution < 1.29 is 14.7 Å². The fraction of sp³-hybridized carbons (Fsp3) is 0.500. The Hall–Kier alpha value is -2.70. The molecule has 4 rings (SSSR count). The Balaban J connectivity index is 1.65. The molecule has 142 valence electrons. The number of carboxylic acid groups (broad SMARTS) is 1. The summed E-state index contributed by atoms with van der Waals surface area (Å²) >= 11 is 0. The van der Waals surface area contributed by atoms with Crippen molar-refractivity contribution in [1.82, 2.24) is 14.5 Å². The normalized spacial score (nSPS) is 24.8. The van der Waals surface area contributed by atoms with Crippen LogP contribution in [0, 0.1) is 12.8 Å². The first-order valence-corrected chi connectivity index (χ1v) is 9.46. The summed E-state index contributed by atoms with van der Waals surface area (Å²) in [6.45, 7) is 1.71. The van der Waals surface area contributed by atoms with Crippen LogP contribution in [0.4, 0.5) is 0 Å². The van der Waals surface area contributed by atoms with Gasteiger partial charge in [-0.05, 0) is 43.7 Å². The van der Waals surface area contributed by atoms with E-state index in [1.807, 2.05) is 13.0 Å². The highest BCUT2D eigenvalue weighted by Gasteiger charge is 2.47. The average Bonchev–Trinajstić information content (AvgIpc) is 3.04. The Morgan fingerprint density at radius 3 is 2.81 bits per heavy atom. The summed E-state index contributed by atoms with van der Waals surface area (Å²) in [6, 6.07) is 4.55. The molecule has 0 bridgehead atoms. The number of aromatic nitrogens is 2. The highest BCUT2D eigenvalue weighted by atomic mass is 16.4. The Morgan fingerprint density at radius 2 is 2.04 bits per heavy atom. The number of carbonyl (C=O) groups is 2. The molecule has 27 heavy (non-hydrogen) atoms. The van der Waals surface area contributed by atoms with E-state index in [0.717, 1.165) is 31.2 Å². The van der Waals surface area contributed by atoms with Crippen molar-refractivity contribution in [1.29, 1.82) is 0 Å². The summed E-state index contributed by atoms with van der Waals surface area (Å²) in [6.07, 6.45) is 5.80. The fourth-order valence-corrected chi connectivity index (χ4v) is 4.72. The lowest BCUT2D eigenvalue weighted by Crippen LogP contribution is -2.48. The number of nitrogens with zero attached hydrogens (tertiary/aromatic N) is 3. The predicted molar refractivity (Wildman–Crippen MR) is 99.4 cm³/mol. The van der Waals surface area contributed by atoms with Gasteiger partial charge in [0.1, 0.15) is 12.6 Å². The number of fused-ring (bicyclic) bond motifs is 2. The van der Waals surface area contributed by atoms with Gasteiger partial charge in [0, 0.05) is 6.04 Å². The topological polar surface area (TPSA) is 92.5 Å². The molecule has 1 aromatic heterocycles. The molecule has 0 spiro atoms. The fourth-order valence-electron chi connectivity index (χ4n) is 4.72. The van der Waals surface area contributed by atoms with Crippen molar-refractivity contribution in [3.05, 3.63) is 40.4 Å². The minimum absolute atomic E-state index is 0.0290. The molecule has 2 aromatic rings. The second-order valence-corrected chi connectivity index (χ2v) is 7.65. The van der Waals surface area contributed by atoms with Gasteiger partial charge in [-0.3, -0.25) is 14.2 Å². The second-order valence-electron chi connectivity index (χ2n) is 7.65. The number of hydrogen-bond acceptors (Lipinski definition) is 4. The molecule has 0 radical (unpaired) electrons. The zero-order valence-electron chi connectivity index (χ0n) is 15.3. The summed E-state index contributed by atoms with van der Waals surface area (Å²) in [5.74, 6) is -1.03. The quantitative estimate of drug-likeness (QED) is 0.893. The molecule has 3 atom stereocenters. The van der Waals surface area contributed by atoms with Crippen molar-refractivity contribution in [3.63, 3.8) is 0 Å². The number of likely N-dealkylation sites (tertiary alicyclic amines) is 1. The van der Waals surface area contributed by atoms with Crippen LogP contribution in [-0.2, 0) is 16.1 Å². The first-order chi connectivity index (χ1) is 13.0. The zero-order chi connectivity index (χ0) is 19.1. The highest BCUT2D eigenvalue weighted by molar-refractivity contribution is 5.85. The first-order valence-electron chi connectivity index (χ1n) is 9.46. The summed E-state index contributed by atoms with van der Waals surface area (Å²) in [4.78, 5) is 43.4. The van der Waals surface area contributed by atoms with Crippen LogP contribution >= 0.6 is 0 Å². The summed E-state index contributed by atoms with van der Waals surface area (Å²) in [7, 11) is 0. The molecular weight excluding hydrogens is 346 g/mol. The third kappa shape index (κ3) is 3.01. The van der Waals surface area contributed by atoms with Gasteiger partial charge < -0.3 is 10.0 Å². The van der Waals surface area contributed by atoms with Crippen LogP contribution < -0.4 is 5.56 Å². The van der Waals surface area contributed by atoms with Crippen molar-refractivity contribution in [2.24, 2.45) is 5.92 Å². The number of carboxylic acids is 1. The van der Waals surface area contributed by atoms with Gasteiger partial charge in [-0.25, -0.2) is 9.78 Å². The van der Waals surface area contributed by atoms with Crippen molar-refractivity contribution in [3.8, 4) is 0 Å². The molecule has 2 aliphatic rings. The Kier molecular flexibility index (Phi) is 4.45. The molecule has 1 saturated heterocycles. The molecule has 1 aliphatic carbocycles. The number of benzene rings is 1. The zero-order valence-corrected chi connectivity index (χ0v) is 15.3. The van der Waals surface area contributed by atoms with Crippen molar-refractivity contribution in [2.45, 2.75) is 57.7 Å². The van der Waals surface area contributed by atoms with Gasteiger partial charge in [0.2, 0.25) is 5.91 Å². The van der Waals surface area contributed by atoms with Crippen LogP contribution in [-0.4, -0.2) is 43.5 Å². The maximum Gasteiger partial charge on any atom is 0.326 e.